The van der Waals surface area contributed by atoms with Crippen LogP contribution in [-0.4, -0.2) is 16.6 Å². The molecule has 0 fully saturated rings. The highest BCUT2D eigenvalue weighted by molar-refractivity contribution is 5.16. The van der Waals surface area contributed by atoms with Crippen LogP contribution in [0, 0.1) is 23.7 Å². The Bertz CT molecular complexity index is 348. The van der Waals surface area contributed by atoms with E-state index in [4.69, 9.17) is 16.4 Å². The van der Waals surface area contributed by atoms with Crippen molar-refractivity contribution in [2.75, 3.05) is 6.61 Å². The third-order valence-electron chi connectivity index (χ3n) is 1.03. The van der Waals surface area contributed by atoms with Crippen LogP contribution in [-0.2, 0) is 0 Å². The van der Waals surface area contributed by atoms with Gasteiger partial charge in [0.05, 0.1) is 0 Å². The van der Waals surface area contributed by atoms with Gasteiger partial charge in [-0.2, -0.15) is 10.2 Å². The molecule has 0 bridgehead atoms. The second-order valence-corrected chi connectivity index (χ2v) is 1.82. The number of terminal acetylenes is 1. The lowest BCUT2D eigenvalue weighted by atomic mass is 10.5. The van der Waals surface area contributed by atoms with E-state index in [-0.39, 0.29) is 12.4 Å². The van der Waals surface area contributed by atoms with Crippen molar-refractivity contribution < 1.29 is 4.74 Å². The van der Waals surface area contributed by atoms with Gasteiger partial charge >= 0.3 is 0 Å². The predicted molar refractivity (Wildman–Crippen MR) is 41.1 cm³/mol. The largest absolute Gasteiger partial charge is 0.464 e. The second kappa shape index (κ2) is 3.95. The molecular weight excluding hydrogens is 154 g/mol. The molecule has 4 heteroatoms. The van der Waals surface area contributed by atoms with Crippen molar-refractivity contribution in [3.8, 4) is 24.3 Å². The molecule has 0 aliphatic rings. The Morgan fingerprint density at radius 3 is 3.17 bits per heavy atom. The molecular formula is C8H5N3O. The van der Waals surface area contributed by atoms with Gasteiger partial charge in [0.2, 0.25) is 11.7 Å². The molecule has 1 aromatic rings. The number of hydrogen-bond donors (Lipinski definition) is 0. The molecule has 0 spiro atoms. The van der Waals surface area contributed by atoms with E-state index in [1.807, 2.05) is 0 Å². The van der Waals surface area contributed by atoms with Crippen LogP contribution in [0.5, 0.6) is 5.88 Å². The molecule has 1 rings (SSSR count). The van der Waals surface area contributed by atoms with Crippen LogP contribution in [0.25, 0.3) is 0 Å². The maximum atomic E-state index is 8.42. The van der Waals surface area contributed by atoms with E-state index in [2.05, 4.69) is 15.9 Å². The van der Waals surface area contributed by atoms with Gasteiger partial charge in [0.15, 0.2) is 6.61 Å². The molecule has 12 heavy (non-hydrogen) atoms. The minimum Gasteiger partial charge on any atom is -0.464 e. The first-order valence-corrected chi connectivity index (χ1v) is 3.16. The van der Waals surface area contributed by atoms with Crippen molar-refractivity contribution >= 4 is 0 Å². The summed E-state index contributed by atoms with van der Waals surface area (Å²) in [4.78, 5) is 7.40. The Kier molecular flexibility index (Phi) is 2.64. The van der Waals surface area contributed by atoms with Crippen molar-refractivity contribution in [1.82, 2.24) is 9.97 Å². The molecule has 0 amide bonds. The Balaban J connectivity index is 2.76. The van der Waals surface area contributed by atoms with Crippen molar-refractivity contribution in [3.63, 3.8) is 0 Å². The molecule has 0 N–H and O–H groups in total. The molecule has 0 saturated carbocycles. The number of rotatable bonds is 2. The van der Waals surface area contributed by atoms with Crippen molar-refractivity contribution in [3.05, 3.63) is 18.1 Å². The summed E-state index contributed by atoms with van der Waals surface area (Å²) in [5.74, 6) is 2.68. The van der Waals surface area contributed by atoms with E-state index in [1.54, 1.807) is 6.07 Å². The van der Waals surface area contributed by atoms with Crippen LogP contribution in [0.4, 0.5) is 0 Å². The molecule has 1 heterocycles. The maximum Gasteiger partial charge on any atom is 0.235 e. The van der Waals surface area contributed by atoms with Crippen LogP contribution >= 0.6 is 0 Å². The number of aromatic nitrogens is 2. The molecule has 0 atom stereocenters. The van der Waals surface area contributed by atoms with E-state index in [0.717, 1.165) is 0 Å². The third kappa shape index (κ3) is 1.96. The summed E-state index contributed by atoms with van der Waals surface area (Å²) in [5.41, 5.74) is 0. The van der Waals surface area contributed by atoms with Crippen molar-refractivity contribution in [2.45, 2.75) is 0 Å². The Hall–Kier alpha value is -2.07. The SMILES string of the molecule is C#CCOc1ccnc(C#N)n1. The first-order chi connectivity index (χ1) is 5.86. The molecule has 0 aromatic carbocycles. The minimum atomic E-state index is 0.0736. The second-order valence-electron chi connectivity index (χ2n) is 1.82. The number of nitriles is 1. The smallest absolute Gasteiger partial charge is 0.235 e. The topological polar surface area (TPSA) is 58.8 Å². The predicted octanol–water partition coefficient (Wildman–Crippen LogP) is 0.360. The van der Waals surface area contributed by atoms with Crippen LogP contribution in [0.3, 0.4) is 0 Å². The van der Waals surface area contributed by atoms with Crippen molar-refractivity contribution in [1.29, 1.82) is 5.26 Å². The number of ether oxygens (including phenoxy) is 1. The van der Waals surface area contributed by atoms with Gasteiger partial charge in [-0.05, 0) is 0 Å². The van der Waals surface area contributed by atoms with Crippen LogP contribution in [0.1, 0.15) is 5.82 Å². The van der Waals surface area contributed by atoms with Gasteiger partial charge in [0.25, 0.3) is 0 Å². The molecule has 4 nitrogen and oxygen atoms in total. The van der Waals surface area contributed by atoms with Gasteiger partial charge in [-0.1, -0.05) is 5.92 Å². The summed E-state index contributed by atoms with van der Waals surface area (Å²) in [6.07, 6.45) is 6.41. The first-order valence-electron chi connectivity index (χ1n) is 3.16. The molecule has 0 radical (unpaired) electrons. The van der Waals surface area contributed by atoms with Gasteiger partial charge in [0.1, 0.15) is 6.07 Å². The molecule has 0 unspecified atom stereocenters. The summed E-state index contributed by atoms with van der Waals surface area (Å²) in [6.45, 7) is 0.141. The fourth-order valence-corrected chi connectivity index (χ4v) is 0.592. The zero-order valence-electron chi connectivity index (χ0n) is 6.19. The fourth-order valence-electron chi connectivity index (χ4n) is 0.592. The molecule has 58 valence electrons. The van der Waals surface area contributed by atoms with Gasteiger partial charge in [-0.15, -0.1) is 6.42 Å². The zero-order valence-corrected chi connectivity index (χ0v) is 6.19. The summed E-state index contributed by atoms with van der Waals surface area (Å²) >= 11 is 0. The summed E-state index contributed by atoms with van der Waals surface area (Å²) < 4.78 is 4.96. The molecule has 1 aromatic heterocycles. The highest BCUT2D eigenvalue weighted by Crippen LogP contribution is 2.03. The molecule has 0 aliphatic heterocycles. The average Bonchev–Trinajstić information content (AvgIpc) is 2.15. The van der Waals surface area contributed by atoms with Gasteiger partial charge in [-0.25, -0.2) is 4.98 Å². The van der Waals surface area contributed by atoms with E-state index in [0.29, 0.717) is 5.88 Å². The highest BCUT2D eigenvalue weighted by Gasteiger charge is 1.96. The lowest BCUT2D eigenvalue weighted by Gasteiger charge is -1.98. The number of hydrogen-bond acceptors (Lipinski definition) is 4. The lowest BCUT2D eigenvalue weighted by molar-refractivity contribution is 0.354. The normalized spacial score (nSPS) is 8.17. The maximum absolute atomic E-state index is 8.42. The Morgan fingerprint density at radius 1 is 1.67 bits per heavy atom. The minimum absolute atomic E-state index is 0.0736. The highest BCUT2D eigenvalue weighted by atomic mass is 16.5. The van der Waals surface area contributed by atoms with Gasteiger partial charge in [0, 0.05) is 12.3 Å². The van der Waals surface area contributed by atoms with Crippen LogP contribution < -0.4 is 4.74 Å². The Morgan fingerprint density at radius 2 is 2.50 bits per heavy atom. The summed E-state index contributed by atoms with van der Waals surface area (Å²) in [6, 6.07) is 3.33. The summed E-state index contributed by atoms with van der Waals surface area (Å²) in [5, 5.41) is 8.42. The average molecular weight is 159 g/mol. The van der Waals surface area contributed by atoms with Crippen LogP contribution in [0.15, 0.2) is 12.3 Å². The fraction of sp³-hybridized carbons (Fsp3) is 0.125. The summed E-state index contributed by atoms with van der Waals surface area (Å²) in [7, 11) is 0. The lowest BCUT2D eigenvalue weighted by Crippen LogP contribution is -1.98. The Labute approximate surface area is 69.8 Å². The molecule has 0 saturated heterocycles. The van der Waals surface area contributed by atoms with E-state index in [9.17, 15) is 0 Å². The standard InChI is InChI=1S/C8H5N3O/c1-2-5-12-8-3-4-10-7(6-9)11-8/h1,3-4H,5H2. The van der Waals surface area contributed by atoms with E-state index >= 15 is 0 Å². The first kappa shape index (κ1) is 8.03. The zero-order chi connectivity index (χ0) is 8.81. The number of nitrogens with zero attached hydrogens (tertiary/aromatic N) is 3. The van der Waals surface area contributed by atoms with E-state index in [1.165, 1.54) is 12.3 Å². The third-order valence-corrected chi connectivity index (χ3v) is 1.03. The van der Waals surface area contributed by atoms with Crippen LogP contribution in [0.2, 0.25) is 0 Å². The van der Waals surface area contributed by atoms with Crippen molar-refractivity contribution in [2.24, 2.45) is 0 Å². The van der Waals surface area contributed by atoms with Gasteiger partial charge in [-0.3, -0.25) is 0 Å². The van der Waals surface area contributed by atoms with Gasteiger partial charge < -0.3 is 4.74 Å². The quantitative estimate of drug-likeness (QED) is 0.584. The van der Waals surface area contributed by atoms with E-state index < -0.39 is 0 Å². The molecule has 0 aliphatic carbocycles. The monoisotopic (exact) mass is 159 g/mol.